The van der Waals surface area contributed by atoms with Crippen LogP contribution >= 0.6 is 11.3 Å². The average Bonchev–Trinajstić information content (AvgIpc) is 3.51. The maximum Gasteiger partial charge on any atom is 0.160 e. The number of hydrogen-bond donors (Lipinski definition) is 0. The molecule has 0 aliphatic carbocycles. The Morgan fingerprint density at radius 2 is 0.897 bits per heavy atom. The van der Waals surface area contributed by atoms with Crippen LogP contribution in [0.25, 0.3) is 66.8 Å². The molecule has 0 bridgehead atoms. The van der Waals surface area contributed by atoms with E-state index in [1.807, 2.05) is 66.7 Å². The second-order valence-corrected chi connectivity index (χ2v) is 10.1. The van der Waals surface area contributed by atoms with Gasteiger partial charge in [-0.3, -0.25) is 0 Å². The van der Waals surface area contributed by atoms with Crippen LogP contribution in [0.4, 0.5) is 0 Å². The number of hydrogen-bond acceptors (Lipinski definition) is 5. The van der Waals surface area contributed by atoms with Crippen molar-refractivity contribution < 1.29 is 0 Å². The van der Waals surface area contributed by atoms with Crippen LogP contribution in [0.1, 0.15) is 0 Å². The van der Waals surface area contributed by atoms with Gasteiger partial charge in [0.15, 0.2) is 11.6 Å². The highest BCUT2D eigenvalue weighted by Crippen LogP contribution is 2.34. The summed E-state index contributed by atoms with van der Waals surface area (Å²) < 4.78 is 1.08. The van der Waals surface area contributed by atoms with E-state index in [9.17, 15) is 0 Å². The summed E-state index contributed by atoms with van der Waals surface area (Å²) in [5.41, 5.74) is 8.79. The normalized spacial score (nSPS) is 11.1. The van der Waals surface area contributed by atoms with Gasteiger partial charge >= 0.3 is 0 Å². The van der Waals surface area contributed by atoms with E-state index in [0.717, 1.165) is 60.9 Å². The summed E-state index contributed by atoms with van der Waals surface area (Å²) in [5.74, 6) is 1.42. The smallest absolute Gasteiger partial charge is 0.160 e. The minimum atomic E-state index is 0.690. The molecule has 0 saturated carbocycles. The Morgan fingerprint density at radius 1 is 0.410 bits per heavy atom. The van der Waals surface area contributed by atoms with Crippen molar-refractivity contribution in [2.75, 3.05) is 0 Å². The second-order valence-electron chi connectivity index (χ2n) is 9.17. The molecule has 0 atom stereocenters. The number of rotatable bonds is 5. The zero-order chi connectivity index (χ0) is 26.0. The van der Waals surface area contributed by atoms with Crippen molar-refractivity contribution in [3.05, 3.63) is 133 Å². The predicted molar refractivity (Wildman–Crippen MR) is 160 cm³/mol. The van der Waals surface area contributed by atoms with Crippen LogP contribution in [0.2, 0.25) is 0 Å². The molecular weight excluding hydrogens is 496 g/mol. The van der Waals surface area contributed by atoms with Gasteiger partial charge in [-0.15, -0.1) is 11.3 Å². The number of benzene rings is 4. The minimum absolute atomic E-state index is 0.690. The molecule has 0 aliphatic heterocycles. The maximum atomic E-state index is 4.99. The molecule has 3 heterocycles. The molecule has 4 nitrogen and oxygen atoms in total. The lowest BCUT2D eigenvalue weighted by atomic mass is 10.1. The first-order chi connectivity index (χ1) is 19.3. The molecule has 39 heavy (non-hydrogen) atoms. The van der Waals surface area contributed by atoms with Crippen molar-refractivity contribution in [2.24, 2.45) is 0 Å². The van der Waals surface area contributed by atoms with E-state index in [0.29, 0.717) is 5.82 Å². The fourth-order valence-electron chi connectivity index (χ4n) is 4.64. The van der Waals surface area contributed by atoms with E-state index in [4.69, 9.17) is 19.9 Å². The number of fused-ring (bicyclic) bond motifs is 1. The predicted octanol–water partition coefficient (Wildman–Crippen LogP) is 8.82. The molecule has 7 aromatic rings. The molecule has 0 aliphatic rings. The zero-order valence-electron chi connectivity index (χ0n) is 20.9. The quantitative estimate of drug-likeness (QED) is 0.228. The molecule has 0 radical (unpaired) electrons. The van der Waals surface area contributed by atoms with Crippen LogP contribution in [0.3, 0.4) is 0 Å². The van der Waals surface area contributed by atoms with Gasteiger partial charge in [0.1, 0.15) is 0 Å². The fourth-order valence-corrected chi connectivity index (χ4v) is 5.49. The Labute approximate surface area is 230 Å². The highest BCUT2D eigenvalue weighted by atomic mass is 32.1. The van der Waals surface area contributed by atoms with E-state index in [1.54, 1.807) is 11.3 Å². The van der Waals surface area contributed by atoms with Gasteiger partial charge in [0.2, 0.25) is 0 Å². The van der Waals surface area contributed by atoms with Crippen molar-refractivity contribution in [3.63, 3.8) is 0 Å². The lowest BCUT2D eigenvalue weighted by Gasteiger charge is -2.10. The molecule has 5 heteroatoms. The summed E-state index contributed by atoms with van der Waals surface area (Å²) in [7, 11) is 0. The van der Waals surface area contributed by atoms with Gasteiger partial charge in [0, 0.05) is 27.8 Å². The number of thiophene rings is 1. The topological polar surface area (TPSA) is 51.6 Å². The number of aromatic nitrogens is 4. The molecule has 0 fully saturated rings. The highest BCUT2D eigenvalue weighted by Gasteiger charge is 2.14. The van der Waals surface area contributed by atoms with Crippen molar-refractivity contribution in [1.82, 2.24) is 19.9 Å². The van der Waals surface area contributed by atoms with E-state index in [2.05, 4.69) is 66.0 Å². The van der Waals surface area contributed by atoms with Gasteiger partial charge in [0.25, 0.3) is 0 Å². The van der Waals surface area contributed by atoms with E-state index < -0.39 is 0 Å². The molecule has 4 aromatic carbocycles. The molecule has 0 unspecified atom stereocenters. The van der Waals surface area contributed by atoms with Gasteiger partial charge in [-0.2, -0.15) is 0 Å². The van der Waals surface area contributed by atoms with Gasteiger partial charge < -0.3 is 0 Å². The van der Waals surface area contributed by atoms with Crippen LogP contribution in [-0.4, -0.2) is 19.9 Å². The van der Waals surface area contributed by atoms with Gasteiger partial charge in [0.05, 0.1) is 27.3 Å². The largest absolute Gasteiger partial charge is 0.228 e. The Hall–Kier alpha value is -5.00. The van der Waals surface area contributed by atoms with Crippen molar-refractivity contribution in [1.29, 1.82) is 0 Å². The summed E-state index contributed by atoms with van der Waals surface area (Å²) in [4.78, 5) is 19.7. The molecule has 0 amide bonds. The van der Waals surface area contributed by atoms with Gasteiger partial charge in [-0.25, -0.2) is 19.9 Å². The van der Waals surface area contributed by atoms with Crippen molar-refractivity contribution in [3.8, 4) is 56.5 Å². The summed E-state index contributed by atoms with van der Waals surface area (Å²) in [6, 6.07) is 43.1. The first kappa shape index (κ1) is 23.1. The fraction of sp³-hybridized carbons (Fsp3) is 0. The van der Waals surface area contributed by atoms with Crippen LogP contribution in [0.15, 0.2) is 133 Å². The van der Waals surface area contributed by atoms with E-state index in [1.165, 1.54) is 0 Å². The first-order valence-corrected chi connectivity index (χ1v) is 13.6. The highest BCUT2D eigenvalue weighted by molar-refractivity contribution is 7.17. The van der Waals surface area contributed by atoms with E-state index in [-0.39, 0.29) is 0 Å². The second kappa shape index (κ2) is 10.0. The van der Waals surface area contributed by atoms with Crippen molar-refractivity contribution >= 4 is 21.6 Å². The molecule has 0 saturated heterocycles. The lowest BCUT2D eigenvalue weighted by Crippen LogP contribution is -1.96. The summed E-state index contributed by atoms with van der Waals surface area (Å²) in [6.07, 6.45) is 0. The van der Waals surface area contributed by atoms with Crippen LogP contribution in [-0.2, 0) is 0 Å². The maximum absolute atomic E-state index is 4.99. The molecule has 0 spiro atoms. The van der Waals surface area contributed by atoms with E-state index >= 15 is 0 Å². The summed E-state index contributed by atoms with van der Waals surface area (Å²) in [6.45, 7) is 0. The Kier molecular flexibility index (Phi) is 5.96. The molecule has 3 aromatic heterocycles. The first-order valence-electron chi connectivity index (χ1n) is 12.7. The zero-order valence-corrected chi connectivity index (χ0v) is 21.7. The summed E-state index contributed by atoms with van der Waals surface area (Å²) in [5, 5.41) is 2.07. The van der Waals surface area contributed by atoms with Crippen molar-refractivity contribution in [2.45, 2.75) is 0 Å². The monoisotopic (exact) mass is 518 g/mol. The van der Waals surface area contributed by atoms with Gasteiger partial charge in [-0.05, 0) is 17.5 Å². The molecule has 184 valence electrons. The molecule has 7 rings (SSSR count). The minimum Gasteiger partial charge on any atom is -0.228 e. The standard InChI is InChI=1S/C34H22N4S/c1-4-10-23(11-5-1)29-22-30(24-12-6-2-7-13-24)37-33(36-29)27-18-16-25(17-19-27)31-32-28(20-21-39-32)35-34(38-31)26-14-8-3-9-15-26/h1-22H. The van der Waals surface area contributed by atoms with Crippen LogP contribution < -0.4 is 0 Å². The Bertz CT molecular complexity index is 1820. The Morgan fingerprint density at radius 3 is 1.49 bits per heavy atom. The van der Waals surface area contributed by atoms with Crippen LogP contribution in [0, 0.1) is 0 Å². The third-order valence-corrected chi connectivity index (χ3v) is 7.53. The third-order valence-electron chi connectivity index (χ3n) is 6.62. The summed E-state index contributed by atoms with van der Waals surface area (Å²) >= 11 is 1.66. The van der Waals surface area contributed by atoms with Gasteiger partial charge in [-0.1, -0.05) is 115 Å². The molecule has 0 N–H and O–H groups in total. The molecular formula is C34H22N4S. The third kappa shape index (κ3) is 4.60. The SMILES string of the molecule is c1ccc(-c2cc(-c3ccccc3)nc(-c3ccc(-c4nc(-c5ccccc5)nc5ccsc45)cc3)n2)cc1. The number of nitrogens with zero attached hydrogens (tertiary/aromatic N) is 4. The lowest BCUT2D eigenvalue weighted by molar-refractivity contribution is 1.18. The average molecular weight is 519 g/mol. The van der Waals surface area contributed by atoms with Crippen LogP contribution in [0.5, 0.6) is 0 Å². The Balaban J connectivity index is 1.32.